The van der Waals surface area contributed by atoms with Crippen molar-refractivity contribution in [2.75, 3.05) is 0 Å². The van der Waals surface area contributed by atoms with E-state index in [9.17, 15) is 0 Å². The van der Waals surface area contributed by atoms with Gasteiger partial charge >= 0.3 is 0 Å². The van der Waals surface area contributed by atoms with Gasteiger partial charge in [-0.1, -0.05) is 33.7 Å². The van der Waals surface area contributed by atoms with E-state index in [0.717, 1.165) is 7.96 Å². The Labute approximate surface area is 66.3 Å². The van der Waals surface area contributed by atoms with Crippen LogP contribution in [0.4, 0.5) is 0 Å². The molecule has 4 atom stereocenters. The summed E-state index contributed by atoms with van der Waals surface area (Å²) in [6, 6.07) is 0. The smallest absolute Gasteiger partial charge is 0.0384 e. The van der Waals surface area contributed by atoms with Crippen molar-refractivity contribution >= 4 is 33.1 Å². The van der Waals surface area contributed by atoms with Gasteiger partial charge in [0, 0.05) is 0 Å². The molecule has 0 heterocycles. The molecule has 0 aliphatic heterocycles. The number of hydrogen-bond acceptors (Lipinski definition) is 0. The molecule has 0 aromatic carbocycles. The van der Waals surface area contributed by atoms with E-state index in [2.05, 4.69) is 36.7 Å². The molecule has 4 heteroatoms. The molecule has 0 rings (SSSR count). The molecular weight excluding hydrogens is 184 g/mol. The minimum Gasteiger partial charge on any atom is -0.109 e. The Morgan fingerprint density at radius 2 is 1.89 bits per heavy atom. The second-order valence-corrected chi connectivity index (χ2v) is 10.3. The van der Waals surface area contributed by atoms with E-state index in [4.69, 9.17) is 0 Å². The Morgan fingerprint density at radius 1 is 1.44 bits per heavy atom. The normalized spacial score (nSPS) is 13.9. The van der Waals surface area contributed by atoms with Crippen LogP contribution >= 0.6 is 33.1 Å². The van der Waals surface area contributed by atoms with Crippen LogP contribution in [0.5, 0.6) is 0 Å². The molecule has 9 heavy (non-hydrogen) atoms. The van der Waals surface area contributed by atoms with Gasteiger partial charge in [-0.3, -0.25) is 0 Å². The molecule has 0 nitrogen and oxygen atoms in total. The summed E-state index contributed by atoms with van der Waals surface area (Å²) in [5.74, 6) is 2.24. The van der Waals surface area contributed by atoms with Crippen LogP contribution in [0.1, 0.15) is 20.8 Å². The van der Waals surface area contributed by atoms with Gasteiger partial charge < -0.3 is 0 Å². The van der Waals surface area contributed by atoms with Gasteiger partial charge in [0.05, 0.1) is 0 Å². The lowest BCUT2D eigenvalue weighted by molar-refractivity contribution is 1.50. The van der Waals surface area contributed by atoms with Crippen LogP contribution in [0.2, 0.25) is 0 Å². The van der Waals surface area contributed by atoms with Crippen molar-refractivity contribution in [1.29, 1.82) is 0 Å². The number of allylic oxidation sites excluding steroid dienone is 1. The Hall–Kier alpha value is 1.46. The highest BCUT2D eigenvalue weighted by atomic mass is 32.6. The average Bonchev–Trinajstić information content (AvgIpc) is 1.93. The van der Waals surface area contributed by atoms with Crippen LogP contribution in [-0.4, -0.2) is 0 Å². The van der Waals surface area contributed by atoms with E-state index in [0.29, 0.717) is 0 Å². The van der Waals surface area contributed by atoms with E-state index >= 15 is 0 Å². The molecule has 0 aromatic rings. The fourth-order valence-corrected chi connectivity index (χ4v) is 2.61. The van der Waals surface area contributed by atoms with Gasteiger partial charge in [0.15, 0.2) is 0 Å². The quantitative estimate of drug-likeness (QED) is 0.586. The van der Waals surface area contributed by atoms with E-state index in [-0.39, 0.29) is 7.30 Å². The minimum atomic E-state index is 0.148. The summed E-state index contributed by atoms with van der Waals surface area (Å²) in [5, 5.41) is 0. The van der Waals surface area contributed by atoms with Gasteiger partial charge in [0.25, 0.3) is 0 Å². The molecule has 0 aromatic heterocycles. The van der Waals surface area contributed by atoms with E-state index in [1.807, 2.05) is 13.8 Å². The topological polar surface area (TPSA) is 0 Å². The molecule has 0 N–H and O–H groups in total. The molecular formula is C5H16P4. The largest absolute Gasteiger partial charge is 0.109 e. The first-order valence-corrected chi connectivity index (χ1v) is 9.62. The molecule has 0 bridgehead atoms. The Balaban J connectivity index is 0. The van der Waals surface area contributed by atoms with Crippen LogP contribution < -0.4 is 0 Å². The molecule has 0 aliphatic carbocycles. The lowest BCUT2D eigenvalue weighted by atomic mass is 10.8. The van der Waals surface area contributed by atoms with E-state index in [1.54, 1.807) is 0 Å². The average molecular weight is 200 g/mol. The van der Waals surface area contributed by atoms with E-state index < -0.39 is 0 Å². The molecule has 0 saturated heterocycles. The number of hydrogen-bond donors (Lipinski definition) is 0. The van der Waals surface area contributed by atoms with Gasteiger partial charge in [0.1, 0.15) is 0 Å². The maximum Gasteiger partial charge on any atom is -0.0384 e. The summed E-state index contributed by atoms with van der Waals surface area (Å²) in [6.07, 6.45) is 2.11. The van der Waals surface area contributed by atoms with Gasteiger partial charge in [-0.15, -0.1) is 17.9 Å². The van der Waals surface area contributed by atoms with Crippen molar-refractivity contribution in [2.45, 2.75) is 20.8 Å². The zero-order chi connectivity index (χ0) is 7.70. The van der Waals surface area contributed by atoms with Crippen molar-refractivity contribution in [3.05, 3.63) is 11.9 Å². The summed E-state index contributed by atoms with van der Waals surface area (Å²) in [5.41, 5.74) is 0. The lowest BCUT2D eigenvalue weighted by Crippen LogP contribution is -1.33. The molecule has 0 fully saturated rings. The summed E-state index contributed by atoms with van der Waals surface area (Å²) >= 11 is 0. The van der Waals surface area contributed by atoms with Crippen molar-refractivity contribution < 1.29 is 0 Å². The minimum absolute atomic E-state index is 0.148. The second kappa shape index (κ2) is 12.2. The van der Waals surface area contributed by atoms with Crippen molar-refractivity contribution in [3.63, 3.8) is 0 Å². The van der Waals surface area contributed by atoms with Crippen LogP contribution in [-0.2, 0) is 0 Å². The molecule has 0 amide bonds. The third-order valence-corrected chi connectivity index (χ3v) is 9.94. The van der Waals surface area contributed by atoms with E-state index in [1.165, 1.54) is 0 Å². The Morgan fingerprint density at radius 3 is 2.00 bits per heavy atom. The fraction of sp³-hybridized carbons (Fsp3) is 0.600. The van der Waals surface area contributed by atoms with Gasteiger partial charge in [-0.2, -0.15) is 0 Å². The third-order valence-electron chi connectivity index (χ3n) is 0.459. The zero-order valence-corrected chi connectivity index (χ0v) is 10.5. The standard InChI is InChI=1S/C3H10P4.C2H6/c1-2-3-7(5)6-4;1-2/h2-3,6H,4-5H2,1H3;1-2H3. The summed E-state index contributed by atoms with van der Waals surface area (Å²) < 4.78 is 0. The van der Waals surface area contributed by atoms with Crippen LogP contribution in [0.3, 0.4) is 0 Å². The molecule has 0 radical (unpaired) electrons. The fourth-order valence-electron chi connectivity index (χ4n) is 0.204. The zero-order valence-electron chi connectivity index (χ0n) is 6.26. The molecule has 4 unspecified atom stereocenters. The van der Waals surface area contributed by atoms with Crippen molar-refractivity contribution in [2.24, 2.45) is 0 Å². The second-order valence-electron chi connectivity index (χ2n) is 1.02. The summed E-state index contributed by atoms with van der Waals surface area (Å²) in [4.78, 5) is 0. The lowest BCUT2D eigenvalue weighted by Gasteiger charge is -1.96. The van der Waals surface area contributed by atoms with Gasteiger partial charge in [-0.05, 0) is 14.2 Å². The summed E-state index contributed by atoms with van der Waals surface area (Å²) in [7, 11) is 6.72. The summed E-state index contributed by atoms with van der Waals surface area (Å²) in [6.45, 7) is 6.06. The first-order valence-electron chi connectivity index (χ1n) is 2.94. The highest BCUT2D eigenvalue weighted by Gasteiger charge is 1.84. The molecule has 0 spiro atoms. The monoisotopic (exact) mass is 200 g/mol. The van der Waals surface area contributed by atoms with Gasteiger partial charge in [0.2, 0.25) is 0 Å². The third kappa shape index (κ3) is 12.6. The Kier molecular flexibility index (Phi) is 17.7. The highest BCUT2D eigenvalue weighted by molar-refractivity contribution is 8.62. The van der Waals surface area contributed by atoms with Crippen LogP contribution in [0, 0.1) is 0 Å². The maximum absolute atomic E-state index is 2.82. The van der Waals surface area contributed by atoms with Crippen molar-refractivity contribution in [1.82, 2.24) is 0 Å². The molecule has 0 aliphatic rings. The van der Waals surface area contributed by atoms with Crippen LogP contribution in [0.25, 0.3) is 0 Å². The Bertz CT molecular complexity index is 62.0. The highest BCUT2D eigenvalue weighted by Crippen LogP contribution is 2.66. The predicted octanol–water partition coefficient (Wildman–Crippen LogP) is 4.20. The first kappa shape index (κ1) is 13.1. The molecule has 56 valence electrons. The van der Waals surface area contributed by atoms with Crippen LogP contribution in [0.15, 0.2) is 11.9 Å². The molecule has 0 saturated carbocycles. The van der Waals surface area contributed by atoms with Gasteiger partial charge in [-0.25, -0.2) is 0 Å². The number of rotatable bonds is 2. The first-order chi connectivity index (χ1) is 4.31. The maximum atomic E-state index is 2.82. The SMILES string of the molecule is CC.CC=CP(P)PP. The predicted molar refractivity (Wildman–Crippen MR) is 60.8 cm³/mol. The van der Waals surface area contributed by atoms with Crippen molar-refractivity contribution in [3.8, 4) is 0 Å².